The van der Waals surface area contributed by atoms with Crippen LogP contribution in [0.2, 0.25) is 0 Å². The Kier molecular flexibility index (Phi) is 7.70. The van der Waals surface area contributed by atoms with E-state index in [4.69, 9.17) is 0 Å². The van der Waals surface area contributed by atoms with Crippen LogP contribution in [-0.4, -0.2) is 11.9 Å². The molecule has 4 heteroatoms. The van der Waals surface area contributed by atoms with E-state index in [1.54, 1.807) is 6.08 Å². The molecule has 0 saturated heterocycles. The highest BCUT2D eigenvalue weighted by Crippen LogP contribution is 2.48. The Hall–Kier alpha value is -1.13. The number of nitrogens with one attached hydrogen (secondary N) is 1. The van der Waals surface area contributed by atoms with Crippen LogP contribution in [0, 0.1) is 11.8 Å². The summed E-state index contributed by atoms with van der Waals surface area (Å²) in [4.78, 5) is 11.8. The van der Waals surface area contributed by atoms with Gasteiger partial charge in [-0.2, -0.15) is 0 Å². The highest BCUT2D eigenvalue weighted by molar-refractivity contribution is 9.28. The molecule has 25 heavy (non-hydrogen) atoms. The Morgan fingerprint density at radius 2 is 1.84 bits per heavy atom. The SMILES string of the molecule is CC(C)C(C)NC(=O)C=CC=C[C@@H]1C[C@H]1c1ccc(C=C(Br)Br)cc1. The predicted octanol–water partition coefficient (Wildman–Crippen LogP) is 6.15. The van der Waals surface area contributed by atoms with Crippen LogP contribution in [0.3, 0.4) is 0 Å². The standard InChI is InChI=1S/C21H25Br2NO/c1-14(2)15(3)24-21(25)7-5-4-6-18-13-19(18)17-10-8-16(9-11-17)12-20(22)23/h4-12,14-15,18-19H,13H2,1-3H3,(H,24,25)/t15?,18-,19+/m1/s1. The van der Waals surface area contributed by atoms with Gasteiger partial charge in [-0.15, -0.1) is 0 Å². The van der Waals surface area contributed by atoms with E-state index in [9.17, 15) is 4.79 Å². The van der Waals surface area contributed by atoms with Crippen molar-refractivity contribution in [2.75, 3.05) is 0 Å². The van der Waals surface area contributed by atoms with Crippen LogP contribution in [0.5, 0.6) is 0 Å². The smallest absolute Gasteiger partial charge is 0.244 e. The van der Waals surface area contributed by atoms with Crippen LogP contribution in [-0.2, 0) is 4.79 Å². The highest BCUT2D eigenvalue weighted by atomic mass is 79.9. The Balaban J connectivity index is 1.80. The second-order valence-corrected chi connectivity index (χ2v) is 9.66. The molecule has 1 fully saturated rings. The van der Waals surface area contributed by atoms with Gasteiger partial charge in [-0.1, -0.05) is 56.3 Å². The molecule has 1 amide bonds. The van der Waals surface area contributed by atoms with Crippen molar-refractivity contribution in [3.05, 3.63) is 63.1 Å². The van der Waals surface area contributed by atoms with Gasteiger partial charge in [-0.3, -0.25) is 4.79 Å². The molecular formula is C21H25Br2NO. The Bertz CT molecular complexity index is 670. The van der Waals surface area contributed by atoms with E-state index in [0.29, 0.717) is 17.8 Å². The Morgan fingerprint density at radius 1 is 1.16 bits per heavy atom. The molecule has 2 rings (SSSR count). The number of benzene rings is 1. The number of halogens is 2. The van der Waals surface area contributed by atoms with Crippen molar-refractivity contribution in [3.63, 3.8) is 0 Å². The first kappa shape index (κ1) is 20.2. The fourth-order valence-corrected chi connectivity index (χ4v) is 3.09. The van der Waals surface area contributed by atoms with E-state index < -0.39 is 0 Å². The van der Waals surface area contributed by atoms with Crippen LogP contribution in [0.4, 0.5) is 0 Å². The van der Waals surface area contributed by atoms with Crippen molar-refractivity contribution in [1.82, 2.24) is 5.32 Å². The third-order valence-electron chi connectivity index (χ3n) is 4.57. The molecule has 0 spiro atoms. The number of allylic oxidation sites excluding steroid dienone is 3. The normalized spacial score (nSPS) is 20.9. The maximum atomic E-state index is 11.8. The third kappa shape index (κ3) is 6.95. The summed E-state index contributed by atoms with van der Waals surface area (Å²) in [5.41, 5.74) is 2.55. The van der Waals surface area contributed by atoms with E-state index in [1.165, 1.54) is 17.5 Å². The topological polar surface area (TPSA) is 29.1 Å². The van der Waals surface area contributed by atoms with E-state index >= 15 is 0 Å². The van der Waals surface area contributed by atoms with Gasteiger partial charge in [0, 0.05) is 12.1 Å². The number of carbonyl (C=O) groups excluding carboxylic acids is 1. The zero-order valence-corrected chi connectivity index (χ0v) is 18.0. The summed E-state index contributed by atoms with van der Waals surface area (Å²) in [6, 6.07) is 8.86. The first-order valence-electron chi connectivity index (χ1n) is 8.65. The fraction of sp³-hybridized carbons (Fsp3) is 0.381. The number of rotatable bonds is 7. The van der Waals surface area contributed by atoms with Gasteiger partial charge in [-0.25, -0.2) is 0 Å². The number of hydrogen-bond donors (Lipinski definition) is 1. The number of carbonyl (C=O) groups is 1. The minimum absolute atomic E-state index is 0.0280. The molecule has 1 saturated carbocycles. The van der Waals surface area contributed by atoms with Gasteiger partial charge in [-0.05, 0) is 80.2 Å². The summed E-state index contributed by atoms with van der Waals surface area (Å²) in [6.07, 6.45) is 10.8. The molecule has 2 nitrogen and oxygen atoms in total. The molecule has 1 aromatic rings. The van der Waals surface area contributed by atoms with Gasteiger partial charge in [0.25, 0.3) is 0 Å². The molecule has 1 aliphatic carbocycles. The summed E-state index contributed by atoms with van der Waals surface area (Å²) in [5, 5.41) is 2.97. The molecule has 1 aliphatic rings. The molecule has 3 atom stereocenters. The molecule has 1 aromatic carbocycles. The van der Waals surface area contributed by atoms with Crippen molar-refractivity contribution in [2.24, 2.45) is 11.8 Å². The molecular weight excluding hydrogens is 442 g/mol. The first-order chi connectivity index (χ1) is 11.9. The van der Waals surface area contributed by atoms with E-state index in [-0.39, 0.29) is 11.9 Å². The molecule has 1 N–H and O–H groups in total. The third-order valence-corrected chi connectivity index (χ3v) is 5.02. The summed E-state index contributed by atoms with van der Waals surface area (Å²) in [5.74, 6) is 1.59. The summed E-state index contributed by atoms with van der Waals surface area (Å²) < 4.78 is 0.943. The van der Waals surface area contributed by atoms with Crippen molar-refractivity contribution in [1.29, 1.82) is 0 Å². The van der Waals surface area contributed by atoms with Crippen molar-refractivity contribution >= 4 is 43.8 Å². The quantitative estimate of drug-likeness (QED) is 0.378. The summed E-state index contributed by atoms with van der Waals surface area (Å²) >= 11 is 6.76. The molecule has 1 unspecified atom stereocenters. The van der Waals surface area contributed by atoms with Crippen LogP contribution in [0.1, 0.15) is 44.2 Å². The predicted molar refractivity (Wildman–Crippen MR) is 114 cm³/mol. The average Bonchev–Trinajstić information content (AvgIpc) is 3.31. The fourth-order valence-electron chi connectivity index (χ4n) is 2.57. The maximum absolute atomic E-state index is 11.8. The lowest BCUT2D eigenvalue weighted by atomic mass is 10.1. The second kappa shape index (κ2) is 9.54. The van der Waals surface area contributed by atoms with E-state index in [0.717, 1.165) is 3.39 Å². The van der Waals surface area contributed by atoms with Gasteiger partial charge in [0.1, 0.15) is 0 Å². The zero-order chi connectivity index (χ0) is 18.4. The Morgan fingerprint density at radius 3 is 2.44 bits per heavy atom. The highest BCUT2D eigenvalue weighted by Gasteiger charge is 2.35. The van der Waals surface area contributed by atoms with Crippen molar-refractivity contribution in [3.8, 4) is 0 Å². The van der Waals surface area contributed by atoms with Gasteiger partial charge >= 0.3 is 0 Å². The summed E-state index contributed by atoms with van der Waals surface area (Å²) in [7, 11) is 0. The van der Waals surface area contributed by atoms with Gasteiger partial charge < -0.3 is 5.32 Å². The molecule has 0 bridgehead atoms. The lowest BCUT2D eigenvalue weighted by Gasteiger charge is -2.15. The molecule has 134 valence electrons. The summed E-state index contributed by atoms with van der Waals surface area (Å²) in [6.45, 7) is 6.23. The van der Waals surface area contributed by atoms with Gasteiger partial charge in [0.15, 0.2) is 0 Å². The van der Waals surface area contributed by atoms with E-state index in [1.807, 2.05) is 25.2 Å². The maximum Gasteiger partial charge on any atom is 0.244 e. The number of amides is 1. The Labute approximate surface area is 167 Å². The second-order valence-electron chi connectivity index (χ2n) is 6.89. The number of hydrogen-bond acceptors (Lipinski definition) is 1. The minimum atomic E-state index is -0.0280. The largest absolute Gasteiger partial charge is 0.350 e. The van der Waals surface area contributed by atoms with E-state index in [2.05, 4.69) is 81.4 Å². The van der Waals surface area contributed by atoms with Crippen molar-refractivity contribution in [2.45, 2.75) is 39.2 Å². The van der Waals surface area contributed by atoms with Crippen LogP contribution < -0.4 is 5.32 Å². The van der Waals surface area contributed by atoms with Crippen LogP contribution >= 0.6 is 31.9 Å². The van der Waals surface area contributed by atoms with Crippen LogP contribution in [0.25, 0.3) is 6.08 Å². The molecule has 0 aromatic heterocycles. The average molecular weight is 467 g/mol. The monoisotopic (exact) mass is 465 g/mol. The van der Waals surface area contributed by atoms with Crippen LogP contribution in [0.15, 0.2) is 52.0 Å². The molecule has 0 heterocycles. The van der Waals surface area contributed by atoms with Gasteiger partial charge in [0.05, 0.1) is 3.39 Å². The molecule has 0 aliphatic heterocycles. The lowest BCUT2D eigenvalue weighted by molar-refractivity contribution is -0.117. The minimum Gasteiger partial charge on any atom is -0.350 e. The van der Waals surface area contributed by atoms with Crippen molar-refractivity contribution < 1.29 is 4.79 Å². The molecule has 0 radical (unpaired) electrons. The first-order valence-corrected chi connectivity index (χ1v) is 10.2. The zero-order valence-electron chi connectivity index (χ0n) is 14.9. The lowest BCUT2D eigenvalue weighted by Crippen LogP contribution is -2.34. The van der Waals surface area contributed by atoms with Gasteiger partial charge in [0.2, 0.25) is 5.91 Å².